The second-order valence-electron chi connectivity index (χ2n) is 5.04. The van der Waals surface area contributed by atoms with Crippen molar-refractivity contribution in [1.82, 2.24) is 19.7 Å². The quantitative estimate of drug-likeness (QED) is 0.914. The molecule has 2 N–H and O–H groups in total. The number of hydrogen-bond donors (Lipinski definition) is 1. The molecule has 2 aromatic heterocycles. The lowest BCUT2D eigenvalue weighted by atomic mass is 10.1. The van der Waals surface area contributed by atoms with Gasteiger partial charge < -0.3 is 5.73 Å². The van der Waals surface area contributed by atoms with Crippen LogP contribution in [0.4, 0.5) is 5.82 Å². The number of hydrogen-bond acceptors (Lipinski definition) is 4. The van der Waals surface area contributed by atoms with Crippen molar-refractivity contribution in [3.8, 4) is 0 Å². The van der Waals surface area contributed by atoms with Crippen molar-refractivity contribution in [1.29, 1.82) is 0 Å². The predicted octanol–water partition coefficient (Wildman–Crippen LogP) is 2.30. The monoisotopic (exact) mass is 259 g/mol. The lowest BCUT2D eigenvalue weighted by molar-refractivity contribution is 0.612. The number of aromatic nitrogens is 4. The summed E-state index contributed by atoms with van der Waals surface area (Å²) in [6, 6.07) is 2.15. The molecule has 0 aliphatic rings. The Morgan fingerprint density at radius 1 is 1.37 bits per heavy atom. The van der Waals surface area contributed by atoms with E-state index in [2.05, 4.69) is 41.9 Å². The van der Waals surface area contributed by atoms with Crippen LogP contribution in [-0.4, -0.2) is 19.7 Å². The molecule has 0 aliphatic carbocycles. The van der Waals surface area contributed by atoms with Gasteiger partial charge in [0.15, 0.2) is 0 Å². The van der Waals surface area contributed by atoms with Gasteiger partial charge in [-0.05, 0) is 25.8 Å². The molecule has 0 aliphatic heterocycles. The fourth-order valence-electron chi connectivity index (χ4n) is 2.02. The zero-order chi connectivity index (χ0) is 14.0. The molecule has 0 aromatic carbocycles. The molecule has 0 bridgehead atoms. The standard InChI is InChI=1S/C14H21N5/c1-5-19-12(7-13(18-19)9(2)3)6-11-8-16-10(4)17-14(11)15/h7-9H,5-6H2,1-4H3,(H2,15,16,17). The average molecular weight is 259 g/mol. The van der Waals surface area contributed by atoms with Crippen LogP contribution in [0.3, 0.4) is 0 Å². The highest BCUT2D eigenvalue weighted by Crippen LogP contribution is 2.19. The van der Waals surface area contributed by atoms with Crippen molar-refractivity contribution >= 4 is 5.82 Å². The first-order valence-electron chi connectivity index (χ1n) is 6.65. The fourth-order valence-corrected chi connectivity index (χ4v) is 2.02. The zero-order valence-electron chi connectivity index (χ0n) is 12.0. The average Bonchev–Trinajstić information content (AvgIpc) is 2.76. The Morgan fingerprint density at radius 2 is 2.11 bits per heavy atom. The zero-order valence-corrected chi connectivity index (χ0v) is 12.0. The molecule has 102 valence electrons. The highest BCUT2D eigenvalue weighted by molar-refractivity contribution is 5.40. The number of nitrogens with two attached hydrogens (primary N) is 1. The van der Waals surface area contributed by atoms with E-state index >= 15 is 0 Å². The largest absolute Gasteiger partial charge is 0.383 e. The lowest BCUT2D eigenvalue weighted by Gasteiger charge is -2.06. The third-order valence-electron chi connectivity index (χ3n) is 3.16. The van der Waals surface area contributed by atoms with Crippen molar-refractivity contribution in [2.75, 3.05) is 5.73 Å². The summed E-state index contributed by atoms with van der Waals surface area (Å²) in [5.74, 6) is 1.69. The van der Waals surface area contributed by atoms with Gasteiger partial charge in [0.05, 0.1) is 5.69 Å². The third kappa shape index (κ3) is 2.92. The van der Waals surface area contributed by atoms with Crippen LogP contribution >= 0.6 is 0 Å². The summed E-state index contributed by atoms with van der Waals surface area (Å²) in [6.45, 7) is 9.09. The Labute approximate surface area is 113 Å². The van der Waals surface area contributed by atoms with Crippen LogP contribution in [0.25, 0.3) is 0 Å². The Bertz CT molecular complexity index is 571. The highest BCUT2D eigenvalue weighted by Gasteiger charge is 2.12. The topological polar surface area (TPSA) is 69.6 Å². The Hall–Kier alpha value is -1.91. The SMILES string of the molecule is CCn1nc(C(C)C)cc1Cc1cnc(C)nc1N. The lowest BCUT2D eigenvalue weighted by Crippen LogP contribution is -2.07. The first-order chi connectivity index (χ1) is 9.01. The molecule has 0 unspecified atom stereocenters. The molecule has 5 nitrogen and oxygen atoms in total. The van der Waals surface area contributed by atoms with Gasteiger partial charge in [-0.25, -0.2) is 9.97 Å². The molecule has 0 spiro atoms. The van der Waals surface area contributed by atoms with E-state index < -0.39 is 0 Å². The molecular formula is C14H21N5. The van der Waals surface area contributed by atoms with Crippen molar-refractivity contribution < 1.29 is 0 Å². The first kappa shape index (κ1) is 13.5. The van der Waals surface area contributed by atoms with Gasteiger partial charge >= 0.3 is 0 Å². The van der Waals surface area contributed by atoms with Crippen LogP contribution in [0.5, 0.6) is 0 Å². The molecule has 0 saturated heterocycles. The summed E-state index contributed by atoms with van der Waals surface area (Å²) in [5, 5.41) is 4.61. The van der Waals surface area contributed by atoms with E-state index in [9.17, 15) is 0 Å². The summed E-state index contributed by atoms with van der Waals surface area (Å²) < 4.78 is 2.02. The summed E-state index contributed by atoms with van der Waals surface area (Å²) in [5.41, 5.74) is 9.17. The molecule has 2 rings (SSSR count). The van der Waals surface area contributed by atoms with E-state index in [0.29, 0.717) is 17.6 Å². The summed E-state index contributed by atoms with van der Waals surface area (Å²) >= 11 is 0. The van der Waals surface area contributed by atoms with Crippen LogP contribution in [-0.2, 0) is 13.0 Å². The van der Waals surface area contributed by atoms with Gasteiger partial charge in [0.1, 0.15) is 11.6 Å². The van der Waals surface area contributed by atoms with Crippen molar-refractivity contribution in [2.24, 2.45) is 0 Å². The maximum atomic E-state index is 5.95. The molecule has 0 radical (unpaired) electrons. The van der Waals surface area contributed by atoms with E-state index in [0.717, 1.165) is 29.9 Å². The van der Waals surface area contributed by atoms with Crippen LogP contribution in [0, 0.1) is 6.92 Å². The Balaban J connectivity index is 2.32. The summed E-state index contributed by atoms with van der Waals surface area (Å²) in [7, 11) is 0. The predicted molar refractivity (Wildman–Crippen MR) is 76.0 cm³/mol. The molecule has 0 amide bonds. The first-order valence-corrected chi connectivity index (χ1v) is 6.65. The summed E-state index contributed by atoms with van der Waals surface area (Å²) in [6.07, 6.45) is 2.53. The van der Waals surface area contributed by atoms with E-state index in [1.54, 1.807) is 6.20 Å². The molecule has 19 heavy (non-hydrogen) atoms. The van der Waals surface area contributed by atoms with Crippen molar-refractivity contribution in [3.63, 3.8) is 0 Å². The second-order valence-corrected chi connectivity index (χ2v) is 5.04. The number of rotatable bonds is 4. The van der Waals surface area contributed by atoms with Gasteiger partial charge in [-0.15, -0.1) is 0 Å². The fraction of sp³-hybridized carbons (Fsp3) is 0.500. The van der Waals surface area contributed by atoms with Gasteiger partial charge in [0.25, 0.3) is 0 Å². The van der Waals surface area contributed by atoms with E-state index in [1.807, 2.05) is 11.6 Å². The van der Waals surface area contributed by atoms with E-state index in [1.165, 1.54) is 0 Å². The van der Waals surface area contributed by atoms with Gasteiger partial charge in [-0.1, -0.05) is 13.8 Å². The van der Waals surface area contributed by atoms with Crippen LogP contribution < -0.4 is 5.73 Å². The summed E-state index contributed by atoms with van der Waals surface area (Å²) in [4.78, 5) is 8.42. The van der Waals surface area contributed by atoms with E-state index in [-0.39, 0.29) is 0 Å². The minimum atomic E-state index is 0.429. The smallest absolute Gasteiger partial charge is 0.130 e. The van der Waals surface area contributed by atoms with Gasteiger partial charge in [-0.3, -0.25) is 4.68 Å². The molecule has 2 heterocycles. The maximum absolute atomic E-state index is 5.95. The van der Waals surface area contributed by atoms with Crippen LogP contribution in [0.15, 0.2) is 12.3 Å². The molecular weight excluding hydrogens is 238 g/mol. The molecule has 0 saturated carbocycles. The van der Waals surface area contributed by atoms with Crippen LogP contribution in [0.1, 0.15) is 49.5 Å². The number of aryl methyl sites for hydroxylation is 2. The Kier molecular flexibility index (Phi) is 3.83. The number of nitrogens with zero attached hydrogens (tertiary/aromatic N) is 4. The van der Waals surface area contributed by atoms with Gasteiger partial charge in [0, 0.05) is 30.4 Å². The number of nitrogen functional groups attached to an aromatic ring is 1. The molecule has 2 aromatic rings. The highest BCUT2D eigenvalue weighted by atomic mass is 15.3. The molecule has 5 heteroatoms. The number of anilines is 1. The van der Waals surface area contributed by atoms with Crippen molar-refractivity contribution in [3.05, 3.63) is 35.0 Å². The van der Waals surface area contributed by atoms with E-state index in [4.69, 9.17) is 5.73 Å². The molecule has 0 fully saturated rings. The second kappa shape index (κ2) is 5.38. The van der Waals surface area contributed by atoms with Crippen molar-refractivity contribution in [2.45, 2.75) is 46.6 Å². The van der Waals surface area contributed by atoms with Gasteiger partial charge in [-0.2, -0.15) is 5.10 Å². The normalized spacial score (nSPS) is 11.2. The third-order valence-corrected chi connectivity index (χ3v) is 3.16. The minimum Gasteiger partial charge on any atom is -0.383 e. The molecule has 0 atom stereocenters. The Morgan fingerprint density at radius 3 is 2.68 bits per heavy atom. The minimum absolute atomic E-state index is 0.429. The maximum Gasteiger partial charge on any atom is 0.130 e. The van der Waals surface area contributed by atoms with Crippen LogP contribution in [0.2, 0.25) is 0 Å². The van der Waals surface area contributed by atoms with Gasteiger partial charge in [0.2, 0.25) is 0 Å².